The molecule has 1 unspecified atom stereocenters. The Bertz CT molecular complexity index is 1550. The summed E-state index contributed by atoms with van der Waals surface area (Å²) in [5, 5.41) is 22.0. The second kappa shape index (κ2) is 13.5. The van der Waals surface area contributed by atoms with E-state index < -0.39 is 33.5 Å². The smallest absolute Gasteiger partial charge is 0.326 e. The van der Waals surface area contributed by atoms with Crippen LogP contribution in [0.25, 0.3) is 11.1 Å². The minimum atomic E-state index is -4.15. The Morgan fingerprint density at radius 2 is 1.68 bits per heavy atom. The van der Waals surface area contributed by atoms with Crippen LogP contribution in [0.3, 0.4) is 0 Å². The lowest BCUT2D eigenvalue weighted by Crippen LogP contribution is -2.58. The molecule has 2 N–H and O–H groups in total. The minimum absolute atomic E-state index is 0.0199. The number of aliphatic carboxylic acids is 1. The molecule has 1 saturated heterocycles. The summed E-state index contributed by atoms with van der Waals surface area (Å²) in [6, 6.07) is 19.0. The highest BCUT2D eigenvalue weighted by atomic mass is 35.5. The summed E-state index contributed by atoms with van der Waals surface area (Å²) in [6.45, 7) is 5.57. The highest BCUT2D eigenvalue weighted by Crippen LogP contribution is 2.36. The first-order valence-corrected chi connectivity index (χ1v) is 15.3. The third kappa shape index (κ3) is 7.08. The van der Waals surface area contributed by atoms with Crippen molar-refractivity contribution in [3.63, 3.8) is 0 Å². The van der Waals surface area contributed by atoms with Gasteiger partial charge >= 0.3 is 5.97 Å². The summed E-state index contributed by atoms with van der Waals surface area (Å²) in [4.78, 5) is 25.4. The average molecular weight is 617 g/mol. The first kappa shape index (κ1) is 32.1. The number of benzene rings is 3. The fraction of sp³-hybridized carbons (Fsp3) is 0.300. The van der Waals surface area contributed by atoms with Gasteiger partial charge < -0.3 is 10.4 Å². The normalized spacial score (nSPS) is 17.6. The highest BCUT2D eigenvalue weighted by molar-refractivity contribution is 7.89. The molecule has 0 radical (unpaired) electrons. The lowest BCUT2D eigenvalue weighted by molar-refractivity contribution is -0.143. The molecular formula is C30H31Cl2N3O5S. The van der Waals surface area contributed by atoms with E-state index in [0.717, 1.165) is 15.4 Å². The minimum Gasteiger partial charge on any atom is -0.480 e. The van der Waals surface area contributed by atoms with E-state index in [4.69, 9.17) is 23.2 Å². The molecule has 0 bridgehead atoms. The first-order chi connectivity index (χ1) is 19.5. The number of carbonyl (C=O) groups is 2. The van der Waals surface area contributed by atoms with Gasteiger partial charge in [-0.25, -0.2) is 13.2 Å². The number of nitrogens with one attached hydrogen (secondary N) is 1. The fourth-order valence-electron chi connectivity index (χ4n) is 4.76. The van der Waals surface area contributed by atoms with Crippen molar-refractivity contribution in [1.82, 2.24) is 9.62 Å². The summed E-state index contributed by atoms with van der Waals surface area (Å²) in [6.07, 6.45) is 0.612. The lowest BCUT2D eigenvalue weighted by Gasteiger charge is -2.34. The van der Waals surface area contributed by atoms with E-state index in [-0.39, 0.29) is 34.3 Å². The molecule has 2 atom stereocenters. The number of rotatable bonds is 8. The van der Waals surface area contributed by atoms with Gasteiger partial charge in [0.05, 0.1) is 16.5 Å². The molecule has 8 nitrogen and oxygen atoms in total. The number of hydrogen-bond acceptors (Lipinski definition) is 5. The lowest BCUT2D eigenvalue weighted by atomic mass is 9.96. The van der Waals surface area contributed by atoms with Crippen LogP contribution in [0.15, 0.2) is 71.6 Å². The topological polar surface area (TPSA) is 128 Å². The Kier molecular flexibility index (Phi) is 10.6. The molecule has 0 aromatic heterocycles. The van der Waals surface area contributed by atoms with E-state index in [1.165, 1.54) is 25.1 Å². The van der Waals surface area contributed by atoms with Crippen LogP contribution >= 0.6 is 23.2 Å². The van der Waals surface area contributed by atoms with E-state index in [2.05, 4.69) is 11.4 Å². The molecule has 1 heterocycles. The second-order valence-electron chi connectivity index (χ2n) is 9.48. The van der Waals surface area contributed by atoms with E-state index in [0.29, 0.717) is 17.5 Å². The summed E-state index contributed by atoms with van der Waals surface area (Å²) in [7, 11) is -4.15. The van der Waals surface area contributed by atoms with Crippen LogP contribution in [0.4, 0.5) is 0 Å². The number of carbonyl (C=O) groups excluding carboxylic acids is 1. The number of amides is 1. The maximum absolute atomic E-state index is 13.5. The molecule has 3 aromatic rings. The third-order valence-electron chi connectivity index (χ3n) is 6.84. The maximum atomic E-state index is 13.5. The van der Waals surface area contributed by atoms with Gasteiger partial charge in [-0.15, -0.1) is 0 Å². The van der Waals surface area contributed by atoms with Gasteiger partial charge in [-0.1, -0.05) is 79.5 Å². The van der Waals surface area contributed by atoms with E-state index >= 15 is 0 Å². The van der Waals surface area contributed by atoms with Gasteiger partial charge in [0.1, 0.15) is 11.6 Å². The maximum Gasteiger partial charge on any atom is 0.326 e. The number of hydrogen-bond donors (Lipinski definition) is 2. The van der Waals surface area contributed by atoms with Crippen LogP contribution in [0.5, 0.6) is 0 Å². The van der Waals surface area contributed by atoms with Gasteiger partial charge in [-0.3, -0.25) is 4.79 Å². The van der Waals surface area contributed by atoms with E-state index in [1.807, 2.05) is 26.0 Å². The zero-order valence-electron chi connectivity index (χ0n) is 22.9. The molecule has 0 spiro atoms. The number of nitriles is 1. The molecule has 0 saturated carbocycles. The number of carboxylic acids is 1. The van der Waals surface area contributed by atoms with Gasteiger partial charge in [0, 0.05) is 23.0 Å². The molecule has 216 valence electrons. The molecule has 1 aliphatic heterocycles. The van der Waals surface area contributed by atoms with Gasteiger partial charge in [-0.05, 0) is 60.7 Å². The monoisotopic (exact) mass is 615 g/mol. The van der Waals surface area contributed by atoms with Crippen LogP contribution in [0.2, 0.25) is 10.0 Å². The first-order valence-electron chi connectivity index (χ1n) is 13.1. The van der Waals surface area contributed by atoms with Gasteiger partial charge in [0.25, 0.3) is 0 Å². The number of sulfonamides is 1. The summed E-state index contributed by atoms with van der Waals surface area (Å²) < 4.78 is 28.0. The highest BCUT2D eigenvalue weighted by Gasteiger charge is 2.50. The third-order valence-corrected chi connectivity index (χ3v) is 9.28. The number of halogens is 2. The van der Waals surface area contributed by atoms with Crippen LogP contribution in [-0.2, 0) is 26.0 Å². The summed E-state index contributed by atoms with van der Waals surface area (Å²) in [5.74, 6) is -1.96. The van der Waals surface area contributed by atoms with Crippen molar-refractivity contribution in [3.05, 3.63) is 87.9 Å². The summed E-state index contributed by atoms with van der Waals surface area (Å²) in [5.41, 5.74) is 1.21. The summed E-state index contributed by atoms with van der Waals surface area (Å²) >= 11 is 12.0. The predicted octanol–water partition coefficient (Wildman–Crippen LogP) is 5.91. The Balaban J connectivity index is 0.00000226. The van der Waals surface area contributed by atoms with Crippen LogP contribution in [0, 0.1) is 11.3 Å². The van der Waals surface area contributed by atoms with Crippen LogP contribution in [0.1, 0.15) is 44.7 Å². The second-order valence-corrected chi connectivity index (χ2v) is 12.2. The van der Waals surface area contributed by atoms with Crippen molar-refractivity contribution >= 4 is 45.1 Å². The van der Waals surface area contributed by atoms with Gasteiger partial charge in [-0.2, -0.15) is 9.57 Å². The molecule has 4 rings (SSSR count). The molecule has 1 fully saturated rings. The van der Waals surface area contributed by atoms with Crippen LogP contribution < -0.4 is 5.32 Å². The Hall–Kier alpha value is -3.42. The van der Waals surface area contributed by atoms with Gasteiger partial charge in [0.2, 0.25) is 15.9 Å². The van der Waals surface area contributed by atoms with Crippen molar-refractivity contribution < 1.29 is 23.1 Å². The number of nitrogens with zero attached hydrogens (tertiary/aromatic N) is 2. The number of carboxylic acid groups (broad SMARTS) is 1. The largest absolute Gasteiger partial charge is 0.480 e. The quantitative estimate of drug-likeness (QED) is 0.324. The van der Waals surface area contributed by atoms with Crippen molar-refractivity contribution in [3.8, 4) is 17.2 Å². The van der Waals surface area contributed by atoms with Crippen LogP contribution in [-0.4, -0.2) is 47.8 Å². The molecule has 3 aromatic carbocycles. The Morgan fingerprint density at radius 3 is 2.27 bits per heavy atom. The molecule has 11 heteroatoms. The molecular weight excluding hydrogens is 585 g/mol. The predicted molar refractivity (Wildman–Crippen MR) is 159 cm³/mol. The van der Waals surface area contributed by atoms with E-state index in [9.17, 15) is 28.4 Å². The Labute approximate surface area is 250 Å². The van der Waals surface area contributed by atoms with Gasteiger partial charge in [0.15, 0.2) is 0 Å². The van der Waals surface area contributed by atoms with Crippen molar-refractivity contribution in [2.45, 2.75) is 56.5 Å². The molecule has 41 heavy (non-hydrogen) atoms. The Morgan fingerprint density at radius 1 is 1.07 bits per heavy atom. The fourth-order valence-corrected chi connectivity index (χ4v) is 7.29. The van der Waals surface area contributed by atoms with Crippen molar-refractivity contribution in [2.24, 2.45) is 0 Å². The average Bonchev–Trinajstić information content (AvgIpc) is 3.37. The molecule has 1 amide bonds. The molecule has 0 aliphatic carbocycles. The standard InChI is InChI=1S/C28H25Cl2N3O5S.C2H6/c1-28(11-4-12-33(28)39(37,38)23-15-21(29)14-22(30)16-23)27(36)32-25(26(34)35)13-18-7-9-19(10-8-18)24-6-3-2-5-20(24)17-31;1-2/h2-3,5-10,14-16,25H,4,11-13H2,1H3,(H,32,36)(H,34,35);1-2H3/t25?,28-;/m0./s1. The zero-order chi connectivity index (χ0) is 30.4. The van der Waals surface area contributed by atoms with E-state index in [1.54, 1.807) is 36.4 Å². The van der Waals surface area contributed by atoms with Crippen molar-refractivity contribution in [1.29, 1.82) is 5.26 Å². The van der Waals surface area contributed by atoms with Crippen molar-refractivity contribution in [2.75, 3.05) is 6.54 Å². The molecule has 1 aliphatic rings. The zero-order valence-corrected chi connectivity index (χ0v) is 25.2. The SMILES string of the molecule is CC.C[C@@]1(C(=O)NC(Cc2ccc(-c3ccccc3C#N)cc2)C(=O)O)CCCN1S(=O)(=O)c1cc(Cl)cc(Cl)c1.